The SMILES string of the molecule is c1ccc(-c2cc3ccccc3cc2N(c2ccccc2)c2cccc(N(c3ccccc3)c3ccccc3)c2)cc1. The Kier molecular flexibility index (Phi) is 6.94. The van der Waals surface area contributed by atoms with Gasteiger partial charge in [0.1, 0.15) is 0 Å². The van der Waals surface area contributed by atoms with Crippen molar-refractivity contribution in [1.29, 1.82) is 0 Å². The van der Waals surface area contributed by atoms with E-state index in [0.717, 1.165) is 34.1 Å². The second kappa shape index (κ2) is 11.5. The summed E-state index contributed by atoms with van der Waals surface area (Å²) >= 11 is 0. The van der Waals surface area contributed by atoms with E-state index in [1.54, 1.807) is 0 Å². The first-order valence-electron chi connectivity index (χ1n) is 14.3. The minimum Gasteiger partial charge on any atom is -0.310 e. The van der Waals surface area contributed by atoms with Crippen LogP contribution >= 0.6 is 0 Å². The molecule has 7 aromatic rings. The Hall–Kier alpha value is -5.60. The van der Waals surface area contributed by atoms with Gasteiger partial charge in [0.25, 0.3) is 0 Å². The smallest absolute Gasteiger partial charge is 0.0546 e. The molecular weight excluding hydrogens is 508 g/mol. The average Bonchev–Trinajstić information content (AvgIpc) is 3.07. The van der Waals surface area contributed by atoms with Gasteiger partial charge < -0.3 is 9.80 Å². The molecule has 0 aliphatic carbocycles. The molecule has 0 aliphatic heterocycles. The Balaban J connectivity index is 1.46. The van der Waals surface area contributed by atoms with E-state index >= 15 is 0 Å². The molecule has 200 valence electrons. The topological polar surface area (TPSA) is 6.48 Å². The first-order valence-corrected chi connectivity index (χ1v) is 14.3. The van der Waals surface area contributed by atoms with E-state index in [2.05, 4.69) is 192 Å². The zero-order valence-corrected chi connectivity index (χ0v) is 23.2. The van der Waals surface area contributed by atoms with E-state index in [9.17, 15) is 0 Å². The quantitative estimate of drug-likeness (QED) is 0.199. The summed E-state index contributed by atoms with van der Waals surface area (Å²) in [7, 11) is 0. The molecule has 0 radical (unpaired) electrons. The number of fused-ring (bicyclic) bond motifs is 1. The summed E-state index contributed by atoms with van der Waals surface area (Å²) < 4.78 is 0. The molecule has 0 spiro atoms. The van der Waals surface area contributed by atoms with Gasteiger partial charge in [0.05, 0.1) is 5.69 Å². The lowest BCUT2D eigenvalue weighted by Crippen LogP contribution is -2.13. The van der Waals surface area contributed by atoms with Crippen LogP contribution in [0.25, 0.3) is 21.9 Å². The summed E-state index contributed by atoms with van der Waals surface area (Å²) in [5.41, 5.74) is 9.01. The lowest BCUT2D eigenvalue weighted by Gasteiger charge is -2.31. The summed E-state index contributed by atoms with van der Waals surface area (Å²) in [5, 5.41) is 2.43. The van der Waals surface area contributed by atoms with Gasteiger partial charge >= 0.3 is 0 Å². The summed E-state index contributed by atoms with van der Waals surface area (Å²) in [6.45, 7) is 0. The molecule has 0 saturated heterocycles. The van der Waals surface area contributed by atoms with E-state index in [4.69, 9.17) is 0 Å². The fourth-order valence-corrected chi connectivity index (χ4v) is 5.64. The van der Waals surface area contributed by atoms with E-state index in [1.165, 1.54) is 21.9 Å². The third-order valence-corrected chi connectivity index (χ3v) is 7.58. The molecule has 0 unspecified atom stereocenters. The molecule has 2 nitrogen and oxygen atoms in total. The summed E-state index contributed by atoms with van der Waals surface area (Å²) in [6, 6.07) is 64.5. The molecule has 0 N–H and O–H groups in total. The molecule has 42 heavy (non-hydrogen) atoms. The lowest BCUT2D eigenvalue weighted by molar-refractivity contribution is 1.25. The molecule has 7 aromatic carbocycles. The van der Waals surface area contributed by atoms with Crippen molar-refractivity contribution in [3.63, 3.8) is 0 Å². The number of para-hydroxylation sites is 3. The van der Waals surface area contributed by atoms with Gasteiger partial charge in [0.2, 0.25) is 0 Å². The molecule has 0 aromatic heterocycles. The second-order valence-corrected chi connectivity index (χ2v) is 10.3. The molecule has 0 aliphatic rings. The molecule has 0 fully saturated rings. The molecule has 7 rings (SSSR count). The summed E-state index contributed by atoms with van der Waals surface area (Å²) in [5.74, 6) is 0. The largest absolute Gasteiger partial charge is 0.310 e. The lowest BCUT2D eigenvalue weighted by atomic mass is 9.97. The van der Waals surface area contributed by atoms with Gasteiger partial charge in [-0.3, -0.25) is 0 Å². The van der Waals surface area contributed by atoms with Gasteiger partial charge in [-0.25, -0.2) is 0 Å². The van der Waals surface area contributed by atoms with E-state index < -0.39 is 0 Å². The second-order valence-electron chi connectivity index (χ2n) is 10.3. The highest BCUT2D eigenvalue weighted by Gasteiger charge is 2.20. The maximum absolute atomic E-state index is 2.38. The molecule has 0 bridgehead atoms. The third kappa shape index (κ3) is 5.02. The van der Waals surface area contributed by atoms with Crippen molar-refractivity contribution in [3.8, 4) is 11.1 Å². The normalized spacial score (nSPS) is 10.9. The van der Waals surface area contributed by atoms with E-state index in [-0.39, 0.29) is 0 Å². The highest BCUT2D eigenvalue weighted by atomic mass is 15.2. The summed E-state index contributed by atoms with van der Waals surface area (Å²) in [6.07, 6.45) is 0. The monoisotopic (exact) mass is 538 g/mol. The van der Waals surface area contributed by atoms with Crippen molar-refractivity contribution >= 4 is 44.9 Å². The van der Waals surface area contributed by atoms with Gasteiger partial charge in [-0.05, 0) is 83.1 Å². The first-order chi connectivity index (χ1) is 20.8. The van der Waals surface area contributed by atoms with Crippen LogP contribution in [-0.2, 0) is 0 Å². The Labute approximate surface area is 247 Å². The number of hydrogen-bond donors (Lipinski definition) is 0. The maximum atomic E-state index is 2.38. The van der Waals surface area contributed by atoms with Gasteiger partial charge in [0.15, 0.2) is 0 Å². The zero-order chi connectivity index (χ0) is 28.1. The minimum absolute atomic E-state index is 1.09. The average molecular weight is 539 g/mol. The molecule has 0 saturated carbocycles. The van der Waals surface area contributed by atoms with Crippen LogP contribution < -0.4 is 9.80 Å². The van der Waals surface area contributed by atoms with Crippen LogP contribution in [0.5, 0.6) is 0 Å². The Morgan fingerprint density at radius 3 is 1.24 bits per heavy atom. The van der Waals surface area contributed by atoms with Crippen LogP contribution in [0.2, 0.25) is 0 Å². The van der Waals surface area contributed by atoms with Crippen LogP contribution in [0.15, 0.2) is 182 Å². The van der Waals surface area contributed by atoms with Crippen molar-refractivity contribution in [3.05, 3.63) is 182 Å². The Morgan fingerprint density at radius 1 is 0.286 bits per heavy atom. The van der Waals surface area contributed by atoms with Gasteiger partial charge in [-0.2, -0.15) is 0 Å². The Bertz CT molecular complexity index is 1880. The van der Waals surface area contributed by atoms with E-state index in [1.807, 2.05) is 0 Å². The predicted molar refractivity (Wildman–Crippen MR) is 179 cm³/mol. The maximum Gasteiger partial charge on any atom is 0.0546 e. The Morgan fingerprint density at radius 2 is 0.690 bits per heavy atom. The van der Waals surface area contributed by atoms with Crippen LogP contribution in [0.4, 0.5) is 34.1 Å². The van der Waals surface area contributed by atoms with Gasteiger partial charge in [0, 0.05) is 34.0 Å². The third-order valence-electron chi connectivity index (χ3n) is 7.58. The van der Waals surface area contributed by atoms with Crippen LogP contribution in [0.3, 0.4) is 0 Å². The fourth-order valence-electron chi connectivity index (χ4n) is 5.64. The number of rotatable bonds is 7. The fraction of sp³-hybridized carbons (Fsp3) is 0. The summed E-state index contributed by atoms with van der Waals surface area (Å²) in [4.78, 5) is 4.69. The predicted octanol–water partition coefficient (Wildman–Crippen LogP) is 11.4. The molecule has 0 heterocycles. The molecule has 0 atom stereocenters. The number of benzene rings is 7. The van der Waals surface area contributed by atoms with Crippen molar-refractivity contribution in [2.45, 2.75) is 0 Å². The van der Waals surface area contributed by atoms with E-state index in [0.29, 0.717) is 0 Å². The molecular formula is C40H30N2. The number of hydrogen-bond acceptors (Lipinski definition) is 2. The van der Waals surface area contributed by atoms with Gasteiger partial charge in [-0.15, -0.1) is 0 Å². The molecule has 2 heteroatoms. The zero-order valence-electron chi connectivity index (χ0n) is 23.2. The van der Waals surface area contributed by atoms with Crippen molar-refractivity contribution < 1.29 is 0 Å². The van der Waals surface area contributed by atoms with Gasteiger partial charge in [-0.1, -0.05) is 115 Å². The minimum atomic E-state index is 1.09. The standard InChI is InChI=1S/C40H30N2/c1-5-16-31(17-6-1)39-28-32-18-13-14-19-33(32)29-40(39)42(36-24-11-4-12-25-36)38-27-15-26-37(30-38)41(34-20-7-2-8-21-34)35-22-9-3-10-23-35/h1-30H. The highest BCUT2D eigenvalue weighted by molar-refractivity contribution is 5.98. The number of anilines is 6. The van der Waals surface area contributed by atoms with Crippen molar-refractivity contribution in [2.75, 3.05) is 9.80 Å². The van der Waals surface area contributed by atoms with Crippen molar-refractivity contribution in [2.24, 2.45) is 0 Å². The van der Waals surface area contributed by atoms with Crippen molar-refractivity contribution in [1.82, 2.24) is 0 Å². The first kappa shape index (κ1) is 25.4. The highest BCUT2D eigenvalue weighted by Crippen LogP contribution is 2.44. The number of nitrogens with zero attached hydrogens (tertiary/aromatic N) is 2. The molecule has 0 amide bonds. The van der Waals surface area contributed by atoms with Crippen LogP contribution in [-0.4, -0.2) is 0 Å². The van der Waals surface area contributed by atoms with Crippen LogP contribution in [0, 0.1) is 0 Å². The van der Waals surface area contributed by atoms with Crippen LogP contribution in [0.1, 0.15) is 0 Å².